The van der Waals surface area contributed by atoms with E-state index in [0.29, 0.717) is 11.1 Å². The standard InChI is InChI=1S/C9H16N4OS/c1-6(2)4-5-15-9-12-7(10)11-8(13-9)14-3/h6H,4-5H2,1-3H3,(H2,10,11,12,13). The second-order valence-corrected chi connectivity index (χ2v) is 4.56. The number of nitrogens with zero attached hydrogens (tertiary/aromatic N) is 3. The van der Waals surface area contributed by atoms with E-state index in [4.69, 9.17) is 10.5 Å². The molecular weight excluding hydrogens is 212 g/mol. The highest BCUT2D eigenvalue weighted by Gasteiger charge is 2.05. The van der Waals surface area contributed by atoms with Gasteiger partial charge in [-0.3, -0.25) is 0 Å². The SMILES string of the molecule is COc1nc(N)nc(SCCC(C)C)n1. The fourth-order valence-corrected chi connectivity index (χ4v) is 1.97. The molecule has 0 saturated heterocycles. The number of ether oxygens (including phenoxy) is 1. The van der Waals surface area contributed by atoms with E-state index in [9.17, 15) is 0 Å². The maximum Gasteiger partial charge on any atom is 0.321 e. The number of nitrogen functional groups attached to an aromatic ring is 1. The first-order chi connectivity index (χ1) is 7.11. The molecule has 0 atom stereocenters. The predicted octanol–water partition coefficient (Wildman–Crippen LogP) is 1.60. The van der Waals surface area contributed by atoms with Gasteiger partial charge in [0.15, 0.2) is 5.16 Å². The van der Waals surface area contributed by atoms with Gasteiger partial charge in [-0.05, 0) is 12.3 Å². The van der Waals surface area contributed by atoms with Crippen molar-refractivity contribution in [1.29, 1.82) is 0 Å². The van der Waals surface area contributed by atoms with Crippen LogP contribution in [0.5, 0.6) is 6.01 Å². The zero-order valence-corrected chi connectivity index (χ0v) is 10.0. The molecule has 5 nitrogen and oxygen atoms in total. The van der Waals surface area contributed by atoms with Crippen LogP contribution >= 0.6 is 11.8 Å². The Morgan fingerprint density at radius 2 is 2.07 bits per heavy atom. The van der Waals surface area contributed by atoms with Crippen LogP contribution in [0.25, 0.3) is 0 Å². The minimum atomic E-state index is 0.203. The van der Waals surface area contributed by atoms with Gasteiger partial charge >= 0.3 is 6.01 Å². The van der Waals surface area contributed by atoms with Crippen LogP contribution in [0.3, 0.4) is 0 Å². The average Bonchev–Trinajstić information content (AvgIpc) is 2.16. The molecule has 0 spiro atoms. The molecule has 0 aliphatic rings. The van der Waals surface area contributed by atoms with Gasteiger partial charge in [-0.25, -0.2) is 0 Å². The zero-order valence-electron chi connectivity index (χ0n) is 9.23. The van der Waals surface area contributed by atoms with Crippen LogP contribution in [0.4, 0.5) is 5.95 Å². The lowest BCUT2D eigenvalue weighted by Gasteiger charge is -2.04. The van der Waals surface area contributed by atoms with Crippen molar-refractivity contribution in [3.05, 3.63) is 0 Å². The molecule has 0 bridgehead atoms. The molecule has 1 rings (SSSR count). The highest BCUT2D eigenvalue weighted by molar-refractivity contribution is 7.99. The van der Waals surface area contributed by atoms with Crippen LogP contribution in [0.1, 0.15) is 20.3 Å². The minimum Gasteiger partial charge on any atom is -0.467 e. The lowest BCUT2D eigenvalue weighted by Crippen LogP contribution is -2.02. The fourth-order valence-electron chi connectivity index (χ4n) is 0.895. The Labute approximate surface area is 93.9 Å². The summed E-state index contributed by atoms with van der Waals surface area (Å²) in [6, 6.07) is 0.273. The van der Waals surface area contributed by atoms with Gasteiger partial charge in [-0.15, -0.1) is 0 Å². The molecule has 0 saturated carbocycles. The van der Waals surface area contributed by atoms with Gasteiger partial charge in [0.05, 0.1) is 7.11 Å². The second-order valence-electron chi connectivity index (χ2n) is 3.49. The van der Waals surface area contributed by atoms with E-state index >= 15 is 0 Å². The quantitative estimate of drug-likeness (QED) is 0.772. The molecule has 1 aromatic rings. The summed E-state index contributed by atoms with van der Waals surface area (Å²) >= 11 is 1.57. The topological polar surface area (TPSA) is 73.9 Å². The van der Waals surface area contributed by atoms with E-state index in [0.717, 1.165) is 12.2 Å². The van der Waals surface area contributed by atoms with Crippen molar-refractivity contribution in [1.82, 2.24) is 15.0 Å². The summed E-state index contributed by atoms with van der Waals surface area (Å²) < 4.78 is 4.91. The van der Waals surface area contributed by atoms with Gasteiger partial charge < -0.3 is 10.5 Å². The monoisotopic (exact) mass is 228 g/mol. The number of nitrogens with two attached hydrogens (primary N) is 1. The highest BCUT2D eigenvalue weighted by atomic mass is 32.2. The van der Waals surface area contributed by atoms with Crippen LogP contribution in [0.2, 0.25) is 0 Å². The average molecular weight is 228 g/mol. The Hall–Kier alpha value is -1.04. The molecule has 0 amide bonds. The van der Waals surface area contributed by atoms with E-state index in [1.54, 1.807) is 11.8 Å². The van der Waals surface area contributed by atoms with Crippen LogP contribution in [0.15, 0.2) is 5.16 Å². The summed E-state index contributed by atoms with van der Waals surface area (Å²) in [7, 11) is 1.51. The number of rotatable bonds is 5. The van der Waals surface area contributed by atoms with Gasteiger partial charge in [-0.2, -0.15) is 15.0 Å². The van der Waals surface area contributed by atoms with Crippen molar-refractivity contribution in [2.45, 2.75) is 25.4 Å². The normalized spacial score (nSPS) is 10.7. The number of aromatic nitrogens is 3. The summed E-state index contributed by atoms with van der Waals surface area (Å²) in [4.78, 5) is 11.9. The molecule has 0 aliphatic heterocycles. The van der Waals surface area contributed by atoms with E-state index in [2.05, 4.69) is 28.8 Å². The van der Waals surface area contributed by atoms with Gasteiger partial charge in [0.25, 0.3) is 0 Å². The summed E-state index contributed by atoms with van der Waals surface area (Å²) in [5, 5.41) is 0.625. The second kappa shape index (κ2) is 5.75. The third-order valence-electron chi connectivity index (χ3n) is 1.72. The summed E-state index contributed by atoms with van der Waals surface area (Å²) in [6.07, 6.45) is 1.12. The Morgan fingerprint density at radius 1 is 1.33 bits per heavy atom. The zero-order chi connectivity index (χ0) is 11.3. The highest BCUT2D eigenvalue weighted by Crippen LogP contribution is 2.18. The van der Waals surface area contributed by atoms with Crippen molar-refractivity contribution in [3.8, 4) is 6.01 Å². The van der Waals surface area contributed by atoms with E-state index in [-0.39, 0.29) is 12.0 Å². The first-order valence-corrected chi connectivity index (χ1v) is 5.78. The van der Waals surface area contributed by atoms with Crippen molar-refractivity contribution in [2.24, 2.45) is 5.92 Å². The van der Waals surface area contributed by atoms with Crippen LogP contribution in [-0.4, -0.2) is 27.8 Å². The first-order valence-electron chi connectivity index (χ1n) is 4.80. The third-order valence-corrected chi connectivity index (χ3v) is 2.60. The molecule has 2 N–H and O–H groups in total. The van der Waals surface area contributed by atoms with Crippen LogP contribution in [0, 0.1) is 5.92 Å². The fraction of sp³-hybridized carbons (Fsp3) is 0.667. The summed E-state index contributed by atoms with van der Waals surface area (Å²) in [6.45, 7) is 4.37. The molecule has 0 aromatic carbocycles. The van der Waals surface area contributed by atoms with Crippen LogP contribution in [-0.2, 0) is 0 Å². The number of hydrogen-bond acceptors (Lipinski definition) is 6. The Bertz CT molecular complexity index is 319. The molecule has 0 radical (unpaired) electrons. The van der Waals surface area contributed by atoms with Crippen molar-refractivity contribution >= 4 is 17.7 Å². The number of hydrogen-bond donors (Lipinski definition) is 1. The van der Waals surface area contributed by atoms with Gasteiger partial charge in [0.1, 0.15) is 0 Å². The van der Waals surface area contributed by atoms with Gasteiger partial charge in [-0.1, -0.05) is 25.6 Å². The van der Waals surface area contributed by atoms with E-state index in [1.807, 2.05) is 0 Å². The molecule has 0 aliphatic carbocycles. The predicted molar refractivity (Wildman–Crippen MR) is 61.0 cm³/mol. The number of methoxy groups -OCH3 is 1. The van der Waals surface area contributed by atoms with Crippen molar-refractivity contribution in [2.75, 3.05) is 18.6 Å². The Balaban J connectivity index is 2.56. The van der Waals surface area contributed by atoms with Crippen LogP contribution < -0.4 is 10.5 Å². The Morgan fingerprint density at radius 3 is 2.67 bits per heavy atom. The summed E-state index contributed by atoms with van der Waals surface area (Å²) in [5.74, 6) is 1.86. The minimum absolute atomic E-state index is 0.203. The maximum atomic E-state index is 5.51. The Kier molecular flexibility index (Phi) is 4.61. The van der Waals surface area contributed by atoms with E-state index in [1.165, 1.54) is 7.11 Å². The molecule has 6 heteroatoms. The van der Waals surface area contributed by atoms with Gasteiger partial charge in [0, 0.05) is 5.75 Å². The molecule has 1 heterocycles. The maximum absolute atomic E-state index is 5.51. The van der Waals surface area contributed by atoms with Gasteiger partial charge in [0.2, 0.25) is 5.95 Å². The molecule has 15 heavy (non-hydrogen) atoms. The number of thioether (sulfide) groups is 1. The first kappa shape index (κ1) is 12.0. The lowest BCUT2D eigenvalue weighted by molar-refractivity contribution is 0.374. The molecule has 0 unspecified atom stereocenters. The number of anilines is 1. The molecular formula is C9H16N4OS. The summed E-state index contributed by atoms with van der Waals surface area (Å²) in [5.41, 5.74) is 5.51. The smallest absolute Gasteiger partial charge is 0.321 e. The third kappa shape index (κ3) is 4.33. The van der Waals surface area contributed by atoms with E-state index < -0.39 is 0 Å². The molecule has 1 aromatic heterocycles. The lowest BCUT2D eigenvalue weighted by atomic mass is 10.2. The molecule has 0 fully saturated rings. The molecule has 84 valence electrons. The van der Waals surface area contributed by atoms with Crippen molar-refractivity contribution < 1.29 is 4.74 Å². The van der Waals surface area contributed by atoms with Crippen molar-refractivity contribution in [3.63, 3.8) is 0 Å². The largest absolute Gasteiger partial charge is 0.467 e.